The van der Waals surface area contributed by atoms with Crippen LogP contribution in [0, 0.1) is 0 Å². The first-order chi connectivity index (χ1) is 7.88. The van der Waals surface area contributed by atoms with Crippen molar-refractivity contribution in [3.8, 4) is 5.88 Å². The van der Waals surface area contributed by atoms with Gasteiger partial charge in [-0.3, -0.25) is 0 Å². The minimum absolute atomic E-state index is 0.225. The molecule has 1 aliphatic rings. The quantitative estimate of drug-likeness (QED) is 0.760. The van der Waals surface area contributed by atoms with Crippen LogP contribution in [0.2, 0.25) is 0 Å². The van der Waals surface area contributed by atoms with Crippen molar-refractivity contribution in [2.24, 2.45) is 0 Å². The Morgan fingerprint density at radius 3 is 3.00 bits per heavy atom. The van der Waals surface area contributed by atoms with Gasteiger partial charge in [0.05, 0.1) is 6.10 Å². The predicted octanol–water partition coefficient (Wildman–Crippen LogP) is 2.77. The van der Waals surface area contributed by atoms with Gasteiger partial charge in [0.25, 0.3) is 0 Å². The third-order valence-electron chi connectivity index (χ3n) is 2.64. The molecule has 1 aliphatic heterocycles. The van der Waals surface area contributed by atoms with Gasteiger partial charge >= 0.3 is 0 Å². The van der Waals surface area contributed by atoms with Gasteiger partial charge in [0.15, 0.2) is 0 Å². The van der Waals surface area contributed by atoms with Crippen LogP contribution in [0.5, 0.6) is 5.88 Å². The number of pyridine rings is 1. The van der Waals surface area contributed by atoms with Crippen molar-refractivity contribution in [2.75, 3.05) is 13.2 Å². The van der Waals surface area contributed by atoms with Gasteiger partial charge in [0, 0.05) is 24.8 Å². The standard InChI is InChI=1S/C12H16ClNO2/c13-7-10-4-5-12(14-8-10)16-9-11-3-1-2-6-15-11/h4-5,8,11H,1-3,6-7,9H2. The van der Waals surface area contributed by atoms with E-state index in [0.717, 1.165) is 18.6 Å². The Labute approximate surface area is 101 Å². The highest BCUT2D eigenvalue weighted by Gasteiger charge is 2.14. The van der Waals surface area contributed by atoms with Crippen LogP contribution >= 0.6 is 11.6 Å². The molecule has 0 N–H and O–H groups in total. The summed E-state index contributed by atoms with van der Waals surface area (Å²) < 4.78 is 11.1. The SMILES string of the molecule is ClCc1ccc(OCC2CCCCO2)nc1. The van der Waals surface area contributed by atoms with Gasteiger partial charge in [-0.2, -0.15) is 0 Å². The first-order valence-corrected chi connectivity index (χ1v) is 6.17. The van der Waals surface area contributed by atoms with Crippen molar-refractivity contribution in [1.82, 2.24) is 4.98 Å². The molecule has 3 nitrogen and oxygen atoms in total. The van der Waals surface area contributed by atoms with E-state index in [9.17, 15) is 0 Å². The Bertz CT molecular complexity index is 309. The third-order valence-corrected chi connectivity index (χ3v) is 2.95. The average molecular weight is 242 g/mol. The highest BCUT2D eigenvalue weighted by Crippen LogP contribution is 2.15. The molecular weight excluding hydrogens is 226 g/mol. The Hall–Kier alpha value is -0.800. The molecule has 0 aromatic carbocycles. The van der Waals surface area contributed by atoms with E-state index in [-0.39, 0.29) is 6.10 Å². The first-order valence-electron chi connectivity index (χ1n) is 5.64. The van der Waals surface area contributed by atoms with Crippen LogP contribution in [0.3, 0.4) is 0 Å². The summed E-state index contributed by atoms with van der Waals surface area (Å²) in [7, 11) is 0. The maximum atomic E-state index is 5.68. The number of ether oxygens (including phenoxy) is 2. The summed E-state index contributed by atoms with van der Waals surface area (Å²) in [6.07, 6.45) is 5.44. The first kappa shape index (κ1) is 11.7. The molecule has 1 atom stereocenters. The maximum Gasteiger partial charge on any atom is 0.213 e. The minimum Gasteiger partial charge on any atom is -0.475 e. The largest absolute Gasteiger partial charge is 0.475 e. The molecule has 1 saturated heterocycles. The lowest BCUT2D eigenvalue weighted by Crippen LogP contribution is -2.25. The highest BCUT2D eigenvalue weighted by atomic mass is 35.5. The van der Waals surface area contributed by atoms with Crippen molar-refractivity contribution in [3.63, 3.8) is 0 Å². The molecule has 4 heteroatoms. The smallest absolute Gasteiger partial charge is 0.213 e. The van der Waals surface area contributed by atoms with E-state index in [4.69, 9.17) is 21.1 Å². The average Bonchev–Trinajstić information content (AvgIpc) is 2.38. The monoisotopic (exact) mass is 241 g/mol. The third kappa shape index (κ3) is 3.35. The summed E-state index contributed by atoms with van der Waals surface area (Å²) in [5, 5.41) is 0. The maximum absolute atomic E-state index is 5.68. The molecule has 2 heterocycles. The van der Waals surface area contributed by atoms with Gasteiger partial charge in [-0.05, 0) is 24.8 Å². The van der Waals surface area contributed by atoms with Gasteiger partial charge < -0.3 is 9.47 Å². The van der Waals surface area contributed by atoms with E-state index in [1.165, 1.54) is 12.8 Å². The Morgan fingerprint density at radius 2 is 2.38 bits per heavy atom. The fourth-order valence-electron chi connectivity index (χ4n) is 1.69. The topological polar surface area (TPSA) is 31.4 Å². The molecule has 0 aliphatic carbocycles. The van der Waals surface area contributed by atoms with E-state index in [2.05, 4.69) is 4.98 Å². The fraction of sp³-hybridized carbons (Fsp3) is 0.583. The highest BCUT2D eigenvalue weighted by molar-refractivity contribution is 6.17. The summed E-state index contributed by atoms with van der Waals surface area (Å²) in [6, 6.07) is 3.78. The van der Waals surface area contributed by atoms with Crippen molar-refractivity contribution in [1.29, 1.82) is 0 Å². The Morgan fingerprint density at radius 1 is 1.44 bits per heavy atom. The van der Waals surface area contributed by atoms with Gasteiger partial charge in [-0.1, -0.05) is 6.07 Å². The number of hydrogen-bond acceptors (Lipinski definition) is 3. The van der Waals surface area contributed by atoms with Crippen molar-refractivity contribution in [3.05, 3.63) is 23.9 Å². The van der Waals surface area contributed by atoms with Crippen molar-refractivity contribution in [2.45, 2.75) is 31.2 Å². The molecule has 1 unspecified atom stereocenters. The molecule has 16 heavy (non-hydrogen) atoms. The zero-order valence-electron chi connectivity index (χ0n) is 9.19. The van der Waals surface area contributed by atoms with Crippen molar-refractivity contribution >= 4 is 11.6 Å². The van der Waals surface area contributed by atoms with Crippen LogP contribution in [0.15, 0.2) is 18.3 Å². The number of aromatic nitrogens is 1. The lowest BCUT2D eigenvalue weighted by atomic mass is 10.1. The second-order valence-corrected chi connectivity index (χ2v) is 4.21. The Balaban J connectivity index is 1.79. The molecular formula is C12H16ClNO2. The molecule has 1 aromatic rings. The molecule has 0 spiro atoms. The molecule has 1 fully saturated rings. The Kier molecular flexibility index (Phi) is 4.43. The van der Waals surface area contributed by atoms with Crippen LogP contribution in [0.1, 0.15) is 24.8 Å². The normalized spacial score (nSPS) is 20.7. The van der Waals surface area contributed by atoms with Gasteiger partial charge in [-0.15, -0.1) is 11.6 Å². The molecule has 0 radical (unpaired) electrons. The van der Waals surface area contributed by atoms with Crippen LogP contribution in [-0.4, -0.2) is 24.3 Å². The number of alkyl halides is 1. The van der Waals surface area contributed by atoms with Crippen LogP contribution in [0.4, 0.5) is 0 Å². The van der Waals surface area contributed by atoms with E-state index in [0.29, 0.717) is 18.4 Å². The zero-order valence-corrected chi connectivity index (χ0v) is 9.95. The fourth-order valence-corrected chi connectivity index (χ4v) is 1.85. The summed E-state index contributed by atoms with van der Waals surface area (Å²) >= 11 is 5.68. The van der Waals surface area contributed by atoms with Gasteiger partial charge in [0.2, 0.25) is 5.88 Å². The van der Waals surface area contributed by atoms with Gasteiger partial charge in [-0.25, -0.2) is 4.98 Å². The minimum atomic E-state index is 0.225. The second kappa shape index (κ2) is 6.06. The zero-order chi connectivity index (χ0) is 11.2. The number of rotatable bonds is 4. The summed E-state index contributed by atoms with van der Waals surface area (Å²) in [5.41, 5.74) is 1.00. The van der Waals surface area contributed by atoms with E-state index in [1.54, 1.807) is 6.20 Å². The van der Waals surface area contributed by atoms with Crippen LogP contribution < -0.4 is 4.74 Å². The summed E-state index contributed by atoms with van der Waals surface area (Å²) in [6.45, 7) is 1.44. The number of nitrogens with zero attached hydrogens (tertiary/aromatic N) is 1. The molecule has 2 rings (SSSR count). The molecule has 0 amide bonds. The predicted molar refractivity (Wildman–Crippen MR) is 62.9 cm³/mol. The van der Waals surface area contributed by atoms with Crippen LogP contribution in [0.25, 0.3) is 0 Å². The molecule has 0 bridgehead atoms. The number of hydrogen-bond donors (Lipinski definition) is 0. The van der Waals surface area contributed by atoms with Crippen LogP contribution in [-0.2, 0) is 10.6 Å². The molecule has 1 aromatic heterocycles. The molecule has 88 valence electrons. The van der Waals surface area contributed by atoms with Crippen molar-refractivity contribution < 1.29 is 9.47 Å². The van der Waals surface area contributed by atoms with E-state index < -0.39 is 0 Å². The summed E-state index contributed by atoms with van der Waals surface area (Å²) in [4.78, 5) is 4.17. The van der Waals surface area contributed by atoms with E-state index >= 15 is 0 Å². The second-order valence-electron chi connectivity index (χ2n) is 3.94. The van der Waals surface area contributed by atoms with Gasteiger partial charge in [0.1, 0.15) is 6.61 Å². The summed E-state index contributed by atoms with van der Waals surface area (Å²) in [5.74, 6) is 1.13. The number of halogens is 1. The lowest BCUT2D eigenvalue weighted by molar-refractivity contribution is -0.0119. The molecule has 0 saturated carbocycles. The van der Waals surface area contributed by atoms with E-state index in [1.807, 2.05) is 12.1 Å². The lowest BCUT2D eigenvalue weighted by Gasteiger charge is -2.22.